The van der Waals surface area contributed by atoms with Gasteiger partial charge in [-0.15, -0.1) is 0 Å². The number of amidine groups is 1. The molecule has 23 heavy (non-hydrogen) atoms. The van der Waals surface area contributed by atoms with Crippen molar-refractivity contribution < 1.29 is 18.3 Å². The van der Waals surface area contributed by atoms with Crippen molar-refractivity contribution >= 4 is 11.7 Å². The molecule has 0 saturated carbocycles. The molecular weight excluding hydrogens is 302 g/mol. The largest absolute Gasteiger partial charge is 0.324 e. The molecule has 0 aromatic heterocycles. The third-order valence-electron chi connectivity index (χ3n) is 4.67. The highest BCUT2D eigenvalue weighted by Crippen LogP contribution is 2.37. The summed E-state index contributed by atoms with van der Waals surface area (Å²) in [7, 11) is 0. The lowest BCUT2D eigenvalue weighted by molar-refractivity contribution is -0.633. The molecule has 2 fully saturated rings. The number of carbonyl (C=O) groups is 1. The van der Waals surface area contributed by atoms with Crippen LogP contribution in [0.3, 0.4) is 0 Å². The van der Waals surface area contributed by atoms with E-state index in [1.807, 2.05) is 29.8 Å². The molecule has 2 atom stereocenters. The van der Waals surface area contributed by atoms with Gasteiger partial charge in [0.2, 0.25) is 6.04 Å². The summed E-state index contributed by atoms with van der Waals surface area (Å²) in [5.74, 6) is -3.20. The van der Waals surface area contributed by atoms with E-state index in [1.54, 1.807) is 0 Å². The molecule has 0 bridgehead atoms. The summed E-state index contributed by atoms with van der Waals surface area (Å²) in [6.07, 6.45) is 1.58. The van der Waals surface area contributed by atoms with Crippen molar-refractivity contribution in [2.45, 2.75) is 37.9 Å². The van der Waals surface area contributed by atoms with Gasteiger partial charge in [0, 0.05) is 23.5 Å². The smallest absolute Gasteiger partial charge is 0.298 e. The molecule has 0 spiro atoms. The third kappa shape index (κ3) is 2.34. The van der Waals surface area contributed by atoms with E-state index < -0.39 is 24.9 Å². The molecular formula is C16H17F2N4O+. The standard InChI is InChI=1S/C16H17F2N4O/c1-10-4-2-3-5-11(10)12-6-7-13-19-14(20-22(12)13)15(23)21-8-16(17,18)9-21/h2-5,12-13H,6-9H2,1H3/q+1/t12-,13?/m1/s1. The summed E-state index contributed by atoms with van der Waals surface area (Å²) >= 11 is 0. The van der Waals surface area contributed by atoms with Gasteiger partial charge in [0.15, 0.2) is 0 Å². The fraction of sp³-hybridized carbons (Fsp3) is 0.500. The number of hydrogen-bond donors (Lipinski definition) is 0. The van der Waals surface area contributed by atoms with Crippen LogP contribution in [0, 0.1) is 6.92 Å². The molecule has 0 radical (unpaired) electrons. The summed E-state index contributed by atoms with van der Waals surface area (Å²) in [5, 5.41) is 4.35. The second-order valence-corrected chi connectivity index (χ2v) is 6.38. The predicted molar refractivity (Wildman–Crippen MR) is 78.6 cm³/mol. The van der Waals surface area contributed by atoms with Crippen LogP contribution < -0.4 is 0 Å². The average Bonchev–Trinajstić information content (AvgIpc) is 3.05. The lowest BCUT2D eigenvalue weighted by atomic mass is 10.0. The van der Waals surface area contributed by atoms with Gasteiger partial charge >= 0.3 is 0 Å². The Bertz CT molecular complexity index is 735. The Morgan fingerprint density at radius 1 is 1.30 bits per heavy atom. The summed E-state index contributed by atoms with van der Waals surface area (Å²) in [5.41, 5.74) is 2.36. The van der Waals surface area contributed by atoms with Crippen LogP contribution in [0.15, 0.2) is 34.4 Å². The molecule has 1 unspecified atom stereocenters. The van der Waals surface area contributed by atoms with Gasteiger partial charge in [-0.2, -0.15) is 4.99 Å². The molecule has 1 aromatic carbocycles. The highest BCUT2D eigenvalue weighted by molar-refractivity contribution is 6.38. The van der Waals surface area contributed by atoms with Crippen LogP contribution in [0.5, 0.6) is 0 Å². The molecule has 7 heteroatoms. The number of halogens is 2. The first kappa shape index (κ1) is 14.4. The monoisotopic (exact) mass is 319 g/mol. The summed E-state index contributed by atoms with van der Waals surface area (Å²) in [4.78, 5) is 17.6. The molecule has 1 aromatic rings. The maximum Gasteiger partial charge on any atom is 0.298 e. The van der Waals surface area contributed by atoms with Crippen LogP contribution in [0.2, 0.25) is 0 Å². The number of azo groups is 2. The van der Waals surface area contributed by atoms with E-state index >= 15 is 0 Å². The second-order valence-electron chi connectivity index (χ2n) is 6.38. The van der Waals surface area contributed by atoms with Gasteiger partial charge in [0.1, 0.15) is 0 Å². The first-order valence-electron chi connectivity index (χ1n) is 7.75. The fourth-order valence-electron chi connectivity index (χ4n) is 3.47. The van der Waals surface area contributed by atoms with E-state index in [0.717, 1.165) is 17.7 Å². The number of amides is 1. The highest BCUT2D eigenvalue weighted by Gasteiger charge is 2.51. The quantitative estimate of drug-likeness (QED) is 0.773. The Morgan fingerprint density at radius 3 is 2.74 bits per heavy atom. The maximum atomic E-state index is 12.9. The van der Waals surface area contributed by atoms with Gasteiger partial charge in [-0.05, 0) is 12.5 Å². The van der Waals surface area contributed by atoms with Crippen molar-refractivity contribution in [1.82, 2.24) is 4.90 Å². The molecule has 3 heterocycles. The van der Waals surface area contributed by atoms with Crippen LogP contribution in [-0.2, 0) is 4.79 Å². The van der Waals surface area contributed by atoms with E-state index in [1.165, 1.54) is 11.1 Å². The molecule has 0 N–H and O–H groups in total. The van der Waals surface area contributed by atoms with Crippen molar-refractivity contribution in [3.8, 4) is 0 Å². The van der Waals surface area contributed by atoms with Crippen LogP contribution in [0.4, 0.5) is 8.78 Å². The van der Waals surface area contributed by atoms with Crippen LogP contribution in [-0.4, -0.2) is 46.5 Å². The molecule has 4 rings (SSSR count). The summed E-state index contributed by atoms with van der Waals surface area (Å²) in [6, 6.07) is 8.18. The highest BCUT2D eigenvalue weighted by atomic mass is 19.3. The Hall–Kier alpha value is -2.18. The second kappa shape index (κ2) is 4.91. The number of aliphatic imine (C=N–C) groups is 1. The zero-order valence-corrected chi connectivity index (χ0v) is 12.7. The minimum absolute atomic E-state index is 0.0591. The third-order valence-corrected chi connectivity index (χ3v) is 4.67. The maximum absolute atomic E-state index is 12.9. The molecule has 1 amide bonds. The van der Waals surface area contributed by atoms with Crippen LogP contribution in [0.1, 0.15) is 30.0 Å². The summed E-state index contributed by atoms with van der Waals surface area (Å²) in [6.45, 7) is 0.978. The molecule has 5 nitrogen and oxygen atoms in total. The van der Waals surface area contributed by atoms with Crippen molar-refractivity contribution in [2.75, 3.05) is 13.1 Å². The topological polar surface area (TPSA) is 48.0 Å². The molecule has 120 valence electrons. The van der Waals surface area contributed by atoms with Gasteiger partial charge in [-0.1, -0.05) is 29.0 Å². The first-order valence-corrected chi connectivity index (χ1v) is 7.75. The lowest BCUT2D eigenvalue weighted by Gasteiger charge is -2.37. The van der Waals surface area contributed by atoms with E-state index in [2.05, 4.69) is 16.2 Å². The number of aryl methyl sites for hydroxylation is 1. The summed E-state index contributed by atoms with van der Waals surface area (Å²) < 4.78 is 27.7. The van der Waals surface area contributed by atoms with Gasteiger partial charge < -0.3 is 4.90 Å². The normalized spacial score (nSPS) is 28.0. The van der Waals surface area contributed by atoms with Gasteiger partial charge in [-0.3, -0.25) is 4.79 Å². The van der Waals surface area contributed by atoms with Crippen molar-refractivity contribution in [1.29, 1.82) is 0 Å². The first-order chi connectivity index (χ1) is 10.9. The van der Waals surface area contributed by atoms with E-state index in [9.17, 15) is 13.6 Å². The zero-order valence-electron chi connectivity index (χ0n) is 12.7. The van der Waals surface area contributed by atoms with Crippen LogP contribution >= 0.6 is 0 Å². The Labute approximate surface area is 132 Å². The van der Waals surface area contributed by atoms with Crippen molar-refractivity contribution in [2.24, 2.45) is 10.1 Å². The minimum Gasteiger partial charge on any atom is -0.324 e. The Morgan fingerprint density at radius 2 is 2.04 bits per heavy atom. The van der Waals surface area contributed by atoms with Crippen molar-refractivity contribution in [3.63, 3.8) is 0 Å². The van der Waals surface area contributed by atoms with Gasteiger partial charge in [0.05, 0.1) is 13.1 Å². The number of carbonyl (C=O) groups excluding carboxylic acids is 1. The fourth-order valence-corrected chi connectivity index (χ4v) is 3.47. The van der Waals surface area contributed by atoms with E-state index in [-0.39, 0.29) is 18.0 Å². The molecule has 3 aliphatic rings. The van der Waals surface area contributed by atoms with E-state index in [0.29, 0.717) is 0 Å². The predicted octanol–water partition coefficient (Wildman–Crippen LogP) is 2.51. The van der Waals surface area contributed by atoms with Gasteiger partial charge in [0.25, 0.3) is 23.8 Å². The Kier molecular flexibility index (Phi) is 3.08. The number of fused-ring (bicyclic) bond motifs is 1. The average molecular weight is 319 g/mol. The zero-order chi connectivity index (χ0) is 16.2. The van der Waals surface area contributed by atoms with Crippen LogP contribution in [0.25, 0.3) is 0 Å². The SMILES string of the molecule is Cc1ccccc1[C@H]1CCC2N=C(C(=O)N3CC(F)(F)C3)N=[N+]21. The number of nitrogens with zero attached hydrogens (tertiary/aromatic N) is 4. The number of benzene rings is 1. The number of hydrogen-bond acceptors (Lipinski definition) is 3. The van der Waals surface area contributed by atoms with Crippen molar-refractivity contribution in [3.05, 3.63) is 35.4 Å². The molecule has 0 aliphatic carbocycles. The number of likely N-dealkylation sites (tertiary alicyclic amines) is 1. The number of rotatable bonds is 2. The molecule has 3 aliphatic heterocycles. The minimum atomic E-state index is -2.77. The van der Waals surface area contributed by atoms with E-state index in [4.69, 9.17) is 0 Å². The number of alkyl halides is 2. The molecule has 2 saturated heterocycles. The Balaban J connectivity index is 1.55. The lowest BCUT2D eigenvalue weighted by Crippen LogP contribution is -2.59. The van der Waals surface area contributed by atoms with Gasteiger partial charge in [-0.25, -0.2) is 8.78 Å².